The second kappa shape index (κ2) is 36.1. The van der Waals surface area contributed by atoms with E-state index in [1.54, 1.807) is 23.6 Å². The number of fused-ring (bicyclic) bond motifs is 2. The van der Waals surface area contributed by atoms with Crippen LogP contribution in [0.25, 0.3) is 27.0 Å². The largest absolute Gasteiger partial charge is 0.476 e. The Kier molecular flexibility index (Phi) is 26.5. The van der Waals surface area contributed by atoms with Crippen LogP contribution in [0.5, 0.6) is 5.88 Å². The third kappa shape index (κ3) is 20.4. The number of anilines is 4. The molecule has 5 aliphatic rings. The molecule has 4 amide bonds. The minimum Gasteiger partial charge on any atom is -0.476 e. The van der Waals surface area contributed by atoms with Gasteiger partial charge in [0.1, 0.15) is 29.1 Å². The first kappa shape index (κ1) is 80.0. The maximum absolute atomic E-state index is 14.6. The van der Waals surface area contributed by atoms with Gasteiger partial charge in [0, 0.05) is 113 Å². The summed E-state index contributed by atoms with van der Waals surface area (Å²) in [6, 6.07) is 27.0. The van der Waals surface area contributed by atoms with Crippen LogP contribution in [0.3, 0.4) is 0 Å². The van der Waals surface area contributed by atoms with Crippen LogP contribution in [0.15, 0.2) is 119 Å². The predicted molar refractivity (Wildman–Crippen MR) is 427 cm³/mol. The summed E-state index contributed by atoms with van der Waals surface area (Å²) < 4.78 is 48.7. The van der Waals surface area contributed by atoms with E-state index in [9.17, 15) is 42.8 Å². The highest BCUT2D eigenvalue weighted by atomic mass is 35.5. The highest BCUT2D eigenvalue weighted by Crippen LogP contribution is 2.46. The number of allylic oxidation sites excluding steroid dienone is 1. The number of nitrogens with one attached hydrogen (secondary N) is 5. The number of carbonyl (C=O) groups excluding carboxylic acids is 4. The normalized spacial score (nSPS) is 19.4. The molecule has 12 rings (SSSR count). The number of rotatable bonds is 31. The van der Waals surface area contributed by atoms with Crippen molar-refractivity contribution in [3.05, 3.63) is 152 Å². The van der Waals surface area contributed by atoms with E-state index in [4.69, 9.17) is 30.8 Å². The number of pyridine rings is 1. The van der Waals surface area contributed by atoms with Crippen molar-refractivity contribution >= 4 is 102 Å². The first-order chi connectivity index (χ1) is 52.4. The van der Waals surface area contributed by atoms with E-state index in [2.05, 4.69) is 59.5 Å². The van der Waals surface area contributed by atoms with E-state index in [1.807, 2.05) is 106 Å². The number of nitrogens with zero attached hydrogens (tertiary/aromatic N) is 7. The number of sulfonamides is 1. The first-order valence-corrected chi connectivity index (χ1v) is 41.4. The van der Waals surface area contributed by atoms with Crippen molar-refractivity contribution in [2.45, 2.75) is 173 Å². The third-order valence-corrected chi connectivity index (χ3v) is 24.6. The van der Waals surface area contributed by atoms with Crippen LogP contribution >= 0.6 is 22.9 Å². The van der Waals surface area contributed by atoms with Crippen LogP contribution in [0, 0.1) is 33.8 Å². The molecule has 3 aromatic heterocycles. The lowest BCUT2D eigenvalue weighted by atomic mass is 9.71. The lowest BCUT2D eigenvalue weighted by Crippen LogP contribution is -2.57. The molecule has 1 aliphatic carbocycles. The Morgan fingerprint density at radius 2 is 1.60 bits per heavy atom. The Bertz CT molecular complexity index is 4500. The molecule has 3 saturated heterocycles. The number of likely N-dealkylation sites (tertiary alicyclic amines) is 1. The number of aryl methyl sites for hydroxylation is 1. The second-order valence-electron chi connectivity index (χ2n) is 31.4. The number of aliphatic hydroxyl groups is 1. The zero-order valence-electron chi connectivity index (χ0n) is 63.5. The maximum atomic E-state index is 14.6. The van der Waals surface area contributed by atoms with Crippen LogP contribution in [0.1, 0.15) is 171 Å². The number of thiazole rings is 1. The molecule has 0 unspecified atom stereocenters. The predicted octanol–water partition coefficient (Wildman–Crippen LogP) is 14.1. The van der Waals surface area contributed by atoms with Crippen molar-refractivity contribution in [1.82, 2.24) is 40.1 Å². The molecular formula is C82H105ClN12O12S2. The molecule has 7 aromatic rings. The minimum atomic E-state index is -4.62. The summed E-state index contributed by atoms with van der Waals surface area (Å²) in [5, 5.41) is 33.9. The quantitative estimate of drug-likeness (QED) is 0.0134. The van der Waals surface area contributed by atoms with E-state index in [0.29, 0.717) is 106 Å². The van der Waals surface area contributed by atoms with Crippen LogP contribution < -0.4 is 35.2 Å². The molecule has 0 bridgehead atoms. The van der Waals surface area contributed by atoms with Crippen molar-refractivity contribution in [2.24, 2.45) is 16.7 Å². The maximum Gasteiger partial charge on any atom is 0.293 e. The summed E-state index contributed by atoms with van der Waals surface area (Å²) in [6.07, 6.45) is 14.3. The number of benzene rings is 4. The monoisotopic (exact) mass is 1550 g/mol. The molecule has 109 heavy (non-hydrogen) atoms. The Morgan fingerprint density at radius 1 is 0.872 bits per heavy atom. The summed E-state index contributed by atoms with van der Waals surface area (Å²) in [4.78, 5) is 89.1. The van der Waals surface area contributed by atoms with E-state index < -0.39 is 55.0 Å². The summed E-state index contributed by atoms with van der Waals surface area (Å²) in [5.74, 6) is -1.19. The number of aromatic nitrogens is 3. The van der Waals surface area contributed by atoms with Gasteiger partial charge in [-0.15, -0.1) is 11.3 Å². The van der Waals surface area contributed by atoms with Crippen LogP contribution in [-0.4, -0.2) is 170 Å². The molecule has 6 N–H and O–H groups in total. The molecule has 0 saturated carbocycles. The number of halogens is 1. The zero-order valence-corrected chi connectivity index (χ0v) is 65.9. The first-order valence-electron chi connectivity index (χ1n) is 38.7. The highest BCUT2D eigenvalue weighted by molar-refractivity contribution is 7.90. The van der Waals surface area contributed by atoms with Crippen molar-refractivity contribution in [3.63, 3.8) is 0 Å². The van der Waals surface area contributed by atoms with Gasteiger partial charge < -0.3 is 55.0 Å². The number of aliphatic hydroxyl groups excluding tert-OH is 1. The summed E-state index contributed by atoms with van der Waals surface area (Å²) in [6.45, 7) is 19.5. The van der Waals surface area contributed by atoms with Crippen LogP contribution in [0.2, 0.25) is 5.02 Å². The number of ether oxygens (including phenoxy) is 3. The number of amides is 4. The van der Waals surface area contributed by atoms with Crippen LogP contribution in [0.4, 0.5) is 28.4 Å². The van der Waals surface area contributed by atoms with Crippen molar-refractivity contribution in [3.8, 4) is 16.3 Å². The Labute approximate surface area is 648 Å². The zero-order chi connectivity index (χ0) is 77.0. The molecule has 27 heteroatoms. The smallest absolute Gasteiger partial charge is 0.293 e. The molecule has 7 heterocycles. The van der Waals surface area contributed by atoms with Gasteiger partial charge in [0.25, 0.3) is 21.6 Å². The lowest BCUT2D eigenvalue weighted by Gasteiger charge is -2.40. The molecular weight excluding hydrogens is 1440 g/mol. The van der Waals surface area contributed by atoms with Gasteiger partial charge >= 0.3 is 0 Å². The number of piperazine rings is 1. The van der Waals surface area contributed by atoms with Gasteiger partial charge in [-0.1, -0.05) is 120 Å². The summed E-state index contributed by atoms with van der Waals surface area (Å²) in [5.41, 5.74) is 10.4. The van der Waals surface area contributed by atoms with Gasteiger partial charge in [-0.25, -0.2) is 18.1 Å². The second-order valence-corrected chi connectivity index (χ2v) is 34.4. The van der Waals surface area contributed by atoms with E-state index in [1.165, 1.54) is 33.7 Å². The number of unbranched alkanes of at least 4 members (excludes halogenated alkanes) is 7. The number of carbonyl (C=O) groups is 4. The molecule has 0 radical (unpaired) electrons. The molecule has 24 nitrogen and oxygen atoms in total. The van der Waals surface area contributed by atoms with Crippen molar-refractivity contribution in [1.29, 1.82) is 0 Å². The van der Waals surface area contributed by atoms with Gasteiger partial charge in [0.15, 0.2) is 0 Å². The Hall–Kier alpha value is -8.50. The van der Waals surface area contributed by atoms with Gasteiger partial charge in [-0.05, 0) is 159 Å². The van der Waals surface area contributed by atoms with Crippen molar-refractivity contribution < 1.29 is 51.8 Å². The number of nitro groups is 1. The number of hydrogen-bond acceptors (Lipinski definition) is 19. The Morgan fingerprint density at radius 3 is 2.31 bits per heavy atom. The molecule has 4 aliphatic heterocycles. The summed E-state index contributed by atoms with van der Waals surface area (Å²) >= 11 is 8.06. The van der Waals surface area contributed by atoms with E-state index in [0.717, 1.165) is 136 Å². The summed E-state index contributed by atoms with van der Waals surface area (Å²) in [7, 11) is -4.62. The molecule has 5 atom stereocenters. The van der Waals surface area contributed by atoms with Crippen molar-refractivity contribution in [2.75, 3.05) is 101 Å². The van der Waals surface area contributed by atoms with Gasteiger partial charge in [-0.2, -0.15) is 4.98 Å². The van der Waals surface area contributed by atoms with E-state index in [-0.39, 0.29) is 59.3 Å². The fourth-order valence-corrected chi connectivity index (χ4v) is 17.5. The highest BCUT2D eigenvalue weighted by Gasteiger charge is 2.45. The number of aromatic amines is 1. The van der Waals surface area contributed by atoms with Gasteiger partial charge in [0.2, 0.25) is 23.6 Å². The minimum absolute atomic E-state index is 0.0145. The number of β-amino-alcohol motifs (C(OH)–C–C–N with tert-alkyl or cyclic N) is 1. The molecule has 4 aromatic carbocycles. The van der Waals surface area contributed by atoms with Gasteiger partial charge in [-0.3, -0.25) is 34.2 Å². The average molecular weight is 1550 g/mol. The average Bonchev–Trinajstić information content (AvgIpc) is 1.76. The van der Waals surface area contributed by atoms with E-state index >= 15 is 0 Å². The SMILES string of the molecule is Cc1ncsc1-c1ccc([C@H](C)NC(=O)[C@@H]2C[C@@H](O)CN2C(=O)[C@@H](NC(=O)CCCCCCCCCCOC[C@]2(C)CCC(CN3CCN(c4ccc(C(=O)NS(=O)(=O)c5ccc(NCC6CCOCC6)c([N+](=O)[O-])c5)c(N5CCCOc6nc7[nH]ccc7cc65)c4)CC3)=C(c3ccc(Cl)cc3)C2)C(C)(C)C)cc1. The number of H-pyrrole nitrogens is 1. The molecule has 3 fully saturated rings. The van der Waals surface area contributed by atoms with Crippen LogP contribution in [-0.2, 0) is 33.9 Å². The number of nitro benzene ring substituents is 1. The molecule has 584 valence electrons. The number of hydrogen-bond donors (Lipinski definition) is 6. The fourth-order valence-electron chi connectivity index (χ4n) is 15.6. The lowest BCUT2D eigenvalue weighted by molar-refractivity contribution is -0.384. The third-order valence-electron chi connectivity index (χ3n) is 22.0. The van der Waals surface area contributed by atoms with Gasteiger partial charge in [0.05, 0.1) is 62.5 Å². The topological polar surface area (TPSA) is 296 Å². The molecule has 0 spiro atoms. The Balaban J connectivity index is 0.599. The standard InChI is InChI=1S/C82H105ClN12O12S2/c1-54(57-17-19-59(20-18-57)74-55(2)86-53-108-74)87-78(99)71-46-64(96)51-94(71)80(100)75(81(3,4)5)88-73(97)16-13-11-9-7-8-10-12-14-40-106-52-82(6)33-29-61(67(48-82)58-21-23-62(83)24-22-58)50-91-36-38-92(39-37-91)63-25-27-66(69(45-63)93-35-15-41-107-79-72(93)44-60-30-34-84-76(60)89-79)77(98)90-109(103,104)65-26-28-68(70(47-65)95(101)102)85-49-56-31-42-105-43-32-56/h17-28,30,34,44-45,47,53-54,56,64,71,75,85,96H,7-16,29,31-33,35-43,46,48-52H2,1-6H3,(H,84,89)(H,87,99)(H,88,97)(H,90,98)/t54-,64+,71-,75+,82+/m0/s1. The fraction of sp³-hybridized carbons (Fsp3) is 0.512.